The number of hydrogen-bond acceptors (Lipinski definition) is 6. The lowest BCUT2D eigenvalue weighted by Crippen LogP contribution is -2.33. The zero-order chi connectivity index (χ0) is 9.97. The number of alkyl carbamates (subject to hydrolysis) is 1. The fraction of sp³-hybridized carbons (Fsp3) is 0.571. The number of carbonyl (C=O) groups is 1. The van der Waals surface area contributed by atoms with Crippen LogP contribution in [0.4, 0.5) is 9.93 Å². The molecule has 1 amide bonds. The Kier molecular flexibility index (Phi) is 2.49. The van der Waals surface area contributed by atoms with Crippen molar-refractivity contribution in [1.82, 2.24) is 15.5 Å². The van der Waals surface area contributed by atoms with Gasteiger partial charge in [-0.1, -0.05) is 11.3 Å². The molecule has 1 atom stereocenters. The summed E-state index contributed by atoms with van der Waals surface area (Å²) in [4.78, 5) is 10.7. The molecule has 76 valence electrons. The van der Waals surface area contributed by atoms with E-state index in [4.69, 9.17) is 4.74 Å². The van der Waals surface area contributed by atoms with Crippen molar-refractivity contribution >= 4 is 22.6 Å². The smallest absolute Gasteiger partial charge is 0.407 e. The first-order valence-electron chi connectivity index (χ1n) is 4.21. The van der Waals surface area contributed by atoms with Crippen LogP contribution in [0.3, 0.4) is 0 Å². The van der Waals surface area contributed by atoms with Crippen molar-refractivity contribution in [1.29, 1.82) is 0 Å². The van der Waals surface area contributed by atoms with E-state index in [0.717, 1.165) is 10.1 Å². The minimum absolute atomic E-state index is 0.0201. The largest absolute Gasteiger partial charge is 0.447 e. The summed E-state index contributed by atoms with van der Waals surface area (Å²) in [5, 5.41) is 15.2. The van der Waals surface area contributed by atoms with Gasteiger partial charge in [-0.2, -0.15) is 0 Å². The summed E-state index contributed by atoms with van der Waals surface area (Å²) in [5.41, 5.74) is 0. The monoisotopic (exact) mass is 214 g/mol. The van der Waals surface area contributed by atoms with Crippen molar-refractivity contribution in [3.8, 4) is 0 Å². The van der Waals surface area contributed by atoms with Crippen molar-refractivity contribution in [3.05, 3.63) is 5.01 Å². The zero-order valence-corrected chi connectivity index (χ0v) is 8.43. The van der Waals surface area contributed by atoms with Crippen LogP contribution in [-0.4, -0.2) is 35.5 Å². The number of anilines is 1. The summed E-state index contributed by atoms with van der Waals surface area (Å²) in [7, 11) is 0. The number of nitrogens with one attached hydrogen (secondary N) is 2. The van der Waals surface area contributed by atoms with Gasteiger partial charge in [0.15, 0.2) is 0 Å². The second kappa shape index (κ2) is 3.79. The third-order valence-electron chi connectivity index (χ3n) is 1.76. The molecule has 2 N–H and O–H groups in total. The number of aromatic nitrogens is 2. The standard InChI is InChI=1S/C7H10N4O2S/c1-4-10-11-6(14-4)8-2-5-3-13-7(12)9-5/h5H,2-3H2,1H3,(H,8,11)(H,9,12). The van der Waals surface area contributed by atoms with E-state index < -0.39 is 0 Å². The summed E-state index contributed by atoms with van der Waals surface area (Å²) >= 11 is 1.49. The normalized spacial score (nSPS) is 20.4. The van der Waals surface area contributed by atoms with Crippen molar-refractivity contribution < 1.29 is 9.53 Å². The van der Waals surface area contributed by atoms with Gasteiger partial charge in [0.1, 0.15) is 11.6 Å². The maximum absolute atomic E-state index is 10.7. The summed E-state index contributed by atoms with van der Waals surface area (Å²) in [5.74, 6) is 0. The number of carbonyl (C=O) groups excluding carboxylic acids is 1. The minimum Gasteiger partial charge on any atom is -0.447 e. The summed E-state index contributed by atoms with van der Waals surface area (Å²) in [6, 6.07) is 0.0201. The van der Waals surface area contributed by atoms with Crippen LogP contribution < -0.4 is 10.6 Å². The quantitative estimate of drug-likeness (QED) is 0.760. The van der Waals surface area contributed by atoms with Crippen LogP contribution in [0.1, 0.15) is 5.01 Å². The van der Waals surface area contributed by atoms with E-state index >= 15 is 0 Å². The molecule has 2 heterocycles. The molecule has 0 bridgehead atoms. The first kappa shape index (κ1) is 9.20. The molecule has 2 rings (SSSR count). The molecule has 0 spiro atoms. The Bertz CT molecular complexity index is 340. The lowest BCUT2D eigenvalue weighted by Gasteiger charge is -2.06. The number of ether oxygens (including phenoxy) is 1. The molecule has 0 aromatic carbocycles. The van der Waals surface area contributed by atoms with Gasteiger partial charge in [0, 0.05) is 6.54 Å². The molecule has 7 heteroatoms. The molecule has 6 nitrogen and oxygen atoms in total. The Labute approximate surface area is 84.7 Å². The van der Waals surface area contributed by atoms with E-state index in [1.54, 1.807) is 0 Å². The van der Waals surface area contributed by atoms with Gasteiger partial charge >= 0.3 is 6.09 Å². The molecule has 1 unspecified atom stereocenters. The molecule has 0 radical (unpaired) electrons. The first-order valence-corrected chi connectivity index (χ1v) is 5.03. The third-order valence-corrected chi connectivity index (χ3v) is 2.56. The molecule has 1 saturated heterocycles. The predicted molar refractivity (Wildman–Crippen MR) is 51.4 cm³/mol. The Morgan fingerprint density at radius 2 is 2.57 bits per heavy atom. The number of amides is 1. The van der Waals surface area contributed by atoms with E-state index in [0.29, 0.717) is 13.2 Å². The van der Waals surface area contributed by atoms with Crippen molar-refractivity contribution in [2.45, 2.75) is 13.0 Å². The van der Waals surface area contributed by atoms with Crippen LogP contribution >= 0.6 is 11.3 Å². The second-order valence-electron chi connectivity index (χ2n) is 2.95. The summed E-state index contributed by atoms with van der Waals surface area (Å²) < 4.78 is 4.74. The van der Waals surface area contributed by atoms with Crippen LogP contribution in [0.15, 0.2) is 0 Å². The minimum atomic E-state index is -0.356. The van der Waals surface area contributed by atoms with Crippen LogP contribution in [0, 0.1) is 6.92 Å². The summed E-state index contributed by atoms with van der Waals surface area (Å²) in [6.07, 6.45) is -0.356. The fourth-order valence-corrected chi connectivity index (χ4v) is 1.71. The lowest BCUT2D eigenvalue weighted by atomic mass is 10.3. The highest BCUT2D eigenvalue weighted by Gasteiger charge is 2.21. The average molecular weight is 214 g/mol. The number of hydrogen-bond donors (Lipinski definition) is 2. The van der Waals surface area contributed by atoms with E-state index in [9.17, 15) is 4.79 Å². The average Bonchev–Trinajstić information content (AvgIpc) is 2.72. The second-order valence-corrected chi connectivity index (χ2v) is 4.13. The van der Waals surface area contributed by atoms with Gasteiger partial charge in [0.2, 0.25) is 5.13 Å². The van der Waals surface area contributed by atoms with Gasteiger partial charge in [0.25, 0.3) is 0 Å². The number of nitrogens with zero attached hydrogens (tertiary/aromatic N) is 2. The Morgan fingerprint density at radius 3 is 3.14 bits per heavy atom. The van der Waals surface area contributed by atoms with Crippen LogP contribution in [0.2, 0.25) is 0 Å². The number of cyclic esters (lactones) is 1. The number of aryl methyl sites for hydroxylation is 1. The lowest BCUT2D eigenvalue weighted by molar-refractivity contribution is 0.177. The molecule has 1 aliphatic heterocycles. The first-order chi connectivity index (χ1) is 6.74. The SMILES string of the molecule is Cc1nnc(NCC2COC(=O)N2)s1. The maximum Gasteiger partial charge on any atom is 0.407 e. The van der Waals surface area contributed by atoms with Crippen molar-refractivity contribution in [2.24, 2.45) is 0 Å². The molecule has 1 aromatic rings. The van der Waals surface area contributed by atoms with Gasteiger partial charge in [-0.05, 0) is 6.92 Å². The van der Waals surface area contributed by atoms with Crippen LogP contribution in [-0.2, 0) is 4.74 Å². The van der Waals surface area contributed by atoms with Crippen LogP contribution in [0.25, 0.3) is 0 Å². The highest BCUT2D eigenvalue weighted by Crippen LogP contribution is 2.13. The van der Waals surface area contributed by atoms with Gasteiger partial charge in [0.05, 0.1) is 6.04 Å². The molecular weight excluding hydrogens is 204 g/mol. The highest BCUT2D eigenvalue weighted by molar-refractivity contribution is 7.15. The molecule has 1 aliphatic rings. The molecule has 14 heavy (non-hydrogen) atoms. The fourth-order valence-electron chi connectivity index (χ4n) is 1.11. The van der Waals surface area contributed by atoms with Gasteiger partial charge in [-0.15, -0.1) is 10.2 Å². The van der Waals surface area contributed by atoms with Gasteiger partial charge in [-0.3, -0.25) is 0 Å². The molecular formula is C7H10N4O2S. The Balaban J connectivity index is 1.80. The Morgan fingerprint density at radius 1 is 1.71 bits per heavy atom. The van der Waals surface area contributed by atoms with Crippen molar-refractivity contribution in [3.63, 3.8) is 0 Å². The highest BCUT2D eigenvalue weighted by atomic mass is 32.1. The Hall–Kier alpha value is -1.37. The van der Waals surface area contributed by atoms with E-state index in [2.05, 4.69) is 20.8 Å². The van der Waals surface area contributed by atoms with E-state index in [1.807, 2.05) is 6.92 Å². The molecule has 1 aromatic heterocycles. The molecule has 1 fully saturated rings. The van der Waals surface area contributed by atoms with Crippen LogP contribution in [0.5, 0.6) is 0 Å². The molecule has 0 aliphatic carbocycles. The molecule has 0 saturated carbocycles. The predicted octanol–water partition coefficient (Wildman–Crippen LogP) is 0.367. The topological polar surface area (TPSA) is 76.1 Å². The third kappa shape index (κ3) is 2.11. The van der Waals surface area contributed by atoms with Crippen molar-refractivity contribution in [2.75, 3.05) is 18.5 Å². The number of rotatable bonds is 3. The zero-order valence-electron chi connectivity index (χ0n) is 7.61. The maximum atomic E-state index is 10.7. The van der Waals surface area contributed by atoms with E-state index in [1.165, 1.54) is 11.3 Å². The van der Waals surface area contributed by atoms with Gasteiger partial charge < -0.3 is 15.4 Å². The van der Waals surface area contributed by atoms with Gasteiger partial charge in [-0.25, -0.2) is 4.79 Å². The summed E-state index contributed by atoms with van der Waals surface area (Å²) in [6.45, 7) is 2.91. The van der Waals surface area contributed by atoms with E-state index in [-0.39, 0.29) is 12.1 Å².